The van der Waals surface area contributed by atoms with Crippen LogP contribution < -0.4 is 0 Å². The molecule has 0 N–H and O–H groups in total. The smallest absolute Gasteiger partial charge is 0.219 e. The van der Waals surface area contributed by atoms with E-state index >= 15 is 0 Å². The third-order valence-electron chi connectivity index (χ3n) is 0.299. The van der Waals surface area contributed by atoms with Crippen LogP contribution in [0.5, 0.6) is 0 Å². The molecule has 0 rings (SSSR count). The Bertz CT molecular complexity index is 54.8. The Kier molecular flexibility index (Phi) is 3.47. The van der Waals surface area contributed by atoms with E-state index in [1.807, 2.05) is 0 Å². The first-order valence-electron chi connectivity index (χ1n) is 1.53. The van der Waals surface area contributed by atoms with E-state index in [1.165, 1.54) is 0 Å². The molecule has 0 aliphatic heterocycles. The molecule has 0 saturated carbocycles. The van der Waals surface area contributed by atoms with E-state index < -0.39 is 0 Å². The van der Waals surface area contributed by atoms with E-state index in [-0.39, 0.29) is 5.12 Å². The van der Waals surface area contributed by atoms with Gasteiger partial charge in [0.2, 0.25) is 5.12 Å². The maximum Gasteiger partial charge on any atom is 0.219 e. The third kappa shape index (κ3) is 4.18. The standard InChI is InChI=1S/C3H4ClOS/c4-2-1-3(5)6/h1-2H2. The van der Waals surface area contributed by atoms with Gasteiger partial charge in [-0.05, 0) is 12.6 Å². The van der Waals surface area contributed by atoms with Crippen LogP contribution in [0.3, 0.4) is 0 Å². The maximum absolute atomic E-state index is 9.77. The molecule has 0 amide bonds. The molecule has 0 aromatic rings. The lowest BCUT2D eigenvalue weighted by Gasteiger charge is -1.76. The summed E-state index contributed by atoms with van der Waals surface area (Å²) in [5.74, 6) is 0.350. The van der Waals surface area contributed by atoms with Crippen LogP contribution in [0.15, 0.2) is 0 Å². The van der Waals surface area contributed by atoms with Crippen molar-refractivity contribution in [2.45, 2.75) is 6.42 Å². The largest absolute Gasteiger partial charge is 0.282 e. The molecule has 1 nitrogen and oxygen atoms in total. The Balaban J connectivity index is 2.83. The molecule has 0 aliphatic rings. The van der Waals surface area contributed by atoms with Crippen molar-refractivity contribution >= 4 is 29.3 Å². The van der Waals surface area contributed by atoms with E-state index in [0.29, 0.717) is 12.3 Å². The van der Waals surface area contributed by atoms with E-state index in [9.17, 15) is 4.79 Å². The minimum atomic E-state index is -0.259. The minimum Gasteiger partial charge on any atom is -0.282 e. The Hall–Kier alpha value is 0.180. The molecule has 0 spiro atoms. The van der Waals surface area contributed by atoms with Crippen LogP contribution in [0, 0.1) is 0 Å². The van der Waals surface area contributed by atoms with Crippen molar-refractivity contribution in [3.63, 3.8) is 0 Å². The average Bonchev–Trinajstić information content (AvgIpc) is 1.35. The van der Waals surface area contributed by atoms with Gasteiger partial charge in [0.1, 0.15) is 0 Å². The van der Waals surface area contributed by atoms with Gasteiger partial charge in [0.05, 0.1) is 0 Å². The van der Waals surface area contributed by atoms with Crippen LogP contribution in [0.4, 0.5) is 0 Å². The molecule has 0 aliphatic carbocycles. The molecule has 6 heavy (non-hydrogen) atoms. The Morgan fingerprint density at radius 2 is 2.33 bits per heavy atom. The topological polar surface area (TPSA) is 17.1 Å². The molecule has 0 aromatic heterocycles. The zero-order chi connectivity index (χ0) is 4.99. The van der Waals surface area contributed by atoms with Gasteiger partial charge in [0.15, 0.2) is 0 Å². The molecule has 0 saturated heterocycles. The third-order valence-corrected chi connectivity index (χ3v) is 0.692. The van der Waals surface area contributed by atoms with Gasteiger partial charge in [0, 0.05) is 12.3 Å². The van der Waals surface area contributed by atoms with Gasteiger partial charge >= 0.3 is 0 Å². The fourth-order valence-corrected chi connectivity index (χ4v) is 0.463. The highest BCUT2D eigenvalue weighted by atomic mass is 35.5. The van der Waals surface area contributed by atoms with Crippen LogP contribution in [0.2, 0.25) is 0 Å². The normalized spacial score (nSPS) is 8.17. The Morgan fingerprint density at radius 1 is 1.83 bits per heavy atom. The van der Waals surface area contributed by atoms with E-state index in [2.05, 4.69) is 12.6 Å². The van der Waals surface area contributed by atoms with Gasteiger partial charge in [-0.2, -0.15) is 0 Å². The first-order valence-corrected chi connectivity index (χ1v) is 2.47. The maximum atomic E-state index is 9.77. The van der Waals surface area contributed by atoms with E-state index in [4.69, 9.17) is 11.6 Å². The minimum absolute atomic E-state index is 0.259. The van der Waals surface area contributed by atoms with Gasteiger partial charge in [-0.15, -0.1) is 11.6 Å². The van der Waals surface area contributed by atoms with E-state index in [0.717, 1.165) is 0 Å². The molecular weight excluding hydrogens is 120 g/mol. The van der Waals surface area contributed by atoms with Crippen molar-refractivity contribution in [1.82, 2.24) is 0 Å². The van der Waals surface area contributed by atoms with Crippen LogP contribution in [-0.2, 0) is 4.79 Å². The van der Waals surface area contributed by atoms with Crippen LogP contribution in [0.25, 0.3) is 0 Å². The van der Waals surface area contributed by atoms with Gasteiger partial charge in [-0.3, -0.25) is 4.79 Å². The summed E-state index contributed by atoms with van der Waals surface area (Å²) in [6.07, 6.45) is 0.316. The number of carbonyl (C=O) groups excluding carboxylic acids is 1. The van der Waals surface area contributed by atoms with Gasteiger partial charge in [-0.1, -0.05) is 0 Å². The molecule has 0 bridgehead atoms. The summed E-state index contributed by atoms with van der Waals surface area (Å²) in [4.78, 5) is 9.77. The van der Waals surface area contributed by atoms with Crippen molar-refractivity contribution in [1.29, 1.82) is 0 Å². The number of hydrogen-bond donors (Lipinski definition) is 0. The highest BCUT2D eigenvalue weighted by molar-refractivity contribution is 7.96. The fourth-order valence-electron chi connectivity index (χ4n) is 0.0772. The zero-order valence-electron chi connectivity index (χ0n) is 3.11. The predicted octanol–water partition coefficient (Wildman–Crippen LogP) is 1.34. The zero-order valence-corrected chi connectivity index (χ0v) is 4.68. The monoisotopic (exact) mass is 123 g/mol. The van der Waals surface area contributed by atoms with Gasteiger partial charge in [0.25, 0.3) is 0 Å². The average molecular weight is 124 g/mol. The Labute approximate surface area is 47.1 Å². The summed E-state index contributed by atoms with van der Waals surface area (Å²) in [5, 5.41) is -0.259. The quantitative estimate of drug-likeness (QED) is 0.507. The number of carbonyl (C=O) groups is 1. The molecule has 0 atom stereocenters. The molecule has 0 heterocycles. The van der Waals surface area contributed by atoms with Crippen molar-refractivity contribution in [3.05, 3.63) is 0 Å². The number of alkyl halides is 1. The predicted molar refractivity (Wildman–Crippen MR) is 27.9 cm³/mol. The van der Waals surface area contributed by atoms with Crippen LogP contribution in [0.1, 0.15) is 6.42 Å². The highest BCUT2D eigenvalue weighted by Gasteiger charge is 1.88. The summed E-state index contributed by atoms with van der Waals surface area (Å²) in [7, 11) is 0. The first kappa shape index (κ1) is 6.18. The van der Waals surface area contributed by atoms with Crippen molar-refractivity contribution in [3.8, 4) is 0 Å². The lowest BCUT2D eigenvalue weighted by atomic mass is 10.6. The molecule has 3 heteroatoms. The fraction of sp³-hybridized carbons (Fsp3) is 0.667. The lowest BCUT2D eigenvalue weighted by Crippen LogP contribution is -1.83. The molecule has 0 fully saturated rings. The Morgan fingerprint density at radius 3 is 2.33 bits per heavy atom. The summed E-state index contributed by atoms with van der Waals surface area (Å²) < 4.78 is 0. The second-order valence-electron chi connectivity index (χ2n) is 0.811. The second-order valence-corrected chi connectivity index (χ2v) is 1.64. The summed E-state index contributed by atoms with van der Waals surface area (Å²) in [6.45, 7) is 0. The van der Waals surface area contributed by atoms with Crippen LogP contribution >= 0.6 is 24.2 Å². The molecule has 35 valence electrons. The molecular formula is C3H4ClOS. The first-order chi connectivity index (χ1) is 2.77. The number of rotatable bonds is 2. The van der Waals surface area contributed by atoms with E-state index in [1.54, 1.807) is 0 Å². The summed E-state index contributed by atoms with van der Waals surface area (Å²) in [6, 6.07) is 0. The van der Waals surface area contributed by atoms with Gasteiger partial charge < -0.3 is 0 Å². The molecule has 0 aromatic carbocycles. The lowest BCUT2D eigenvalue weighted by molar-refractivity contribution is -0.110. The summed E-state index contributed by atoms with van der Waals surface area (Å²) in [5.41, 5.74) is 0. The molecule has 1 radical (unpaired) electrons. The van der Waals surface area contributed by atoms with Crippen LogP contribution in [-0.4, -0.2) is 11.0 Å². The van der Waals surface area contributed by atoms with Crippen molar-refractivity contribution in [2.24, 2.45) is 0 Å². The van der Waals surface area contributed by atoms with Crippen molar-refractivity contribution < 1.29 is 4.79 Å². The number of hydrogen-bond acceptors (Lipinski definition) is 1. The number of halogens is 1. The SMILES string of the molecule is O=C([S])CCCl. The van der Waals surface area contributed by atoms with Crippen molar-refractivity contribution in [2.75, 3.05) is 5.88 Å². The highest BCUT2D eigenvalue weighted by Crippen LogP contribution is 1.88. The molecule has 0 unspecified atom stereocenters. The second kappa shape index (κ2) is 3.37. The van der Waals surface area contributed by atoms with Gasteiger partial charge in [-0.25, -0.2) is 0 Å². The summed E-state index contributed by atoms with van der Waals surface area (Å²) >= 11 is 9.26.